The van der Waals surface area contributed by atoms with Gasteiger partial charge < -0.3 is 5.73 Å². The average Bonchev–Trinajstić information content (AvgIpc) is 2.57. The topological polar surface area (TPSA) is 43.8 Å². The fourth-order valence-electron chi connectivity index (χ4n) is 2.31. The summed E-state index contributed by atoms with van der Waals surface area (Å²) in [7, 11) is 0. The van der Waals surface area contributed by atoms with Crippen molar-refractivity contribution < 1.29 is 0 Å². The van der Waals surface area contributed by atoms with Crippen LogP contribution in [-0.4, -0.2) is 16.3 Å². The van der Waals surface area contributed by atoms with E-state index in [0.29, 0.717) is 0 Å². The van der Waals surface area contributed by atoms with E-state index in [4.69, 9.17) is 5.73 Å². The second-order valence-electron chi connectivity index (χ2n) is 5.10. The zero-order valence-corrected chi connectivity index (χ0v) is 13.0. The molecule has 98 valence electrons. The van der Waals surface area contributed by atoms with Gasteiger partial charge >= 0.3 is 0 Å². The summed E-state index contributed by atoms with van der Waals surface area (Å²) in [4.78, 5) is 0. The van der Waals surface area contributed by atoms with Crippen LogP contribution in [-0.2, 0) is 13.0 Å². The summed E-state index contributed by atoms with van der Waals surface area (Å²) in [6.07, 6.45) is 3.32. The lowest BCUT2D eigenvalue weighted by Crippen LogP contribution is -2.30. The molecule has 17 heavy (non-hydrogen) atoms. The van der Waals surface area contributed by atoms with Crippen molar-refractivity contribution in [3.8, 4) is 0 Å². The molecule has 3 nitrogen and oxygen atoms in total. The van der Waals surface area contributed by atoms with Crippen molar-refractivity contribution in [1.29, 1.82) is 0 Å². The van der Waals surface area contributed by atoms with Gasteiger partial charge in [0.25, 0.3) is 0 Å². The Balaban J connectivity index is 3.00. The third-order valence-corrected chi connectivity index (χ3v) is 4.42. The highest BCUT2D eigenvalue weighted by molar-refractivity contribution is 9.10. The highest BCUT2D eigenvalue weighted by atomic mass is 79.9. The Kier molecular flexibility index (Phi) is 5.20. The predicted octanol–water partition coefficient (Wildman–Crippen LogP) is 3.28. The number of rotatable bonds is 6. The summed E-state index contributed by atoms with van der Waals surface area (Å²) in [5, 5.41) is 4.54. The summed E-state index contributed by atoms with van der Waals surface area (Å²) in [5.74, 6) is 0. The van der Waals surface area contributed by atoms with Gasteiger partial charge in [0.1, 0.15) is 0 Å². The zero-order valence-electron chi connectivity index (χ0n) is 11.4. The van der Waals surface area contributed by atoms with Gasteiger partial charge in [-0.05, 0) is 54.6 Å². The van der Waals surface area contributed by atoms with Gasteiger partial charge in [0.05, 0.1) is 15.9 Å². The van der Waals surface area contributed by atoms with Crippen LogP contribution < -0.4 is 5.73 Å². The monoisotopic (exact) mass is 301 g/mol. The van der Waals surface area contributed by atoms with Crippen LogP contribution in [0.5, 0.6) is 0 Å². The number of aromatic nitrogens is 2. The molecule has 0 radical (unpaired) electrons. The molecular weight excluding hydrogens is 278 g/mol. The fraction of sp³-hybridized carbons (Fsp3) is 0.769. The van der Waals surface area contributed by atoms with Crippen LogP contribution in [0.2, 0.25) is 0 Å². The van der Waals surface area contributed by atoms with Gasteiger partial charge in [-0.3, -0.25) is 4.68 Å². The van der Waals surface area contributed by atoms with Crippen LogP contribution in [0.15, 0.2) is 4.47 Å². The quantitative estimate of drug-likeness (QED) is 0.876. The van der Waals surface area contributed by atoms with Crippen LogP contribution in [0.1, 0.15) is 45.0 Å². The van der Waals surface area contributed by atoms with E-state index in [9.17, 15) is 0 Å². The first kappa shape index (κ1) is 14.7. The van der Waals surface area contributed by atoms with Gasteiger partial charge in [-0.25, -0.2) is 0 Å². The molecule has 1 aromatic heterocycles. The highest BCUT2D eigenvalue weighted by Crippen LogP contribution is 2.31. The Hall–Kier alpha value is -0.350. The maximum atomic E-state index is 5.94. The molecule has 1 atom stereocenters. The lowest BCUT2D eigenvalue weighted by Gasteiger charge is -2.28. The largest absolute Gasteiger partial charge is 0.330 e. The Morgan fingerprint density at radius 3 is 2.53 bits per heavy atom. The summed E-state index contributed by atoms with van der Waals surface area (Å²) in [6, 6.07) is 0. The second kappa shape index (κ2) is 6.01. The van der Waals surface area contributed by atoms with E-state index in [1.165, 1.54) is 12.1 Å². The minimum atomic E-state index is 0.177. The molecule has 0 spiro atoms. The van der Waals surface area contributed by atoms with Crippen molar-refractivity contribution in [3.05, 3.63) is 15.9 Å². The first-order valence-electron chi connectivity index (χ1n) is 6.39. The molecule has 4 heteroatoms. The maximum Gasteiger partial charge on any atom is 0.0738 e. The maximum absolute atomic E-state index is 5.94. The number of nitrogens with zero attached hydrogens (tertiary/aromatic N) is 2. The molecule has 0 fully saturated rings. The molecule has 0 aliphatic carbocycles. The van der Waals surface area contributed by atoms with Crippen molar-refractivity contribution >= 4 is 15.9 Å². The number of aryl methyl sites for hydroxylation is 2. The molecule has 0 saturated carbocycles. The molecule has 0 aliphatic heterocycles. The van der Waals surface area contributed by atoms with Gasteiger partial charge in [0.2, 0.25) is 0 Å². The SMILES string of the molecule is CCCC(C)(CN)Cc1c(Br)c(C)nn1CC. The third-order valence-electron chi connectivity index (χ3n) is 3.39. The lowest BCUT2D eigenvalue weighted by atomic mass is 9.81. The van der Waals surface area contributed by atoms with E-state index in [1.54, 1.807) is 0 Å². The number of halogens is 1. The molecule has 0 amide bonds. The van der Waals surface area contributed by atoms with Crippen LogP contribution in [0, 0.1) is 12.3 Å². The first-order chi connectivity index (χ1) is 7.97. The molecular formula is C13H24BrN3. The summed E-state index contributed by atoms with van der Waals surface area (Å²) in [6.45, 7) is 10.3. The van der Waals surface area contributed by atoms with Crippen molar-refractivity contribution in [2.75, 3.05) is 6.54 Å². The van der Waals surface area contributed by atoms with Crippen LogP contribution in [0.4, 0.5) is 0 Å². The standard InChI is InChI=1S/C13H24BrN3/c1-5-7-13(4,9-15)8-11-12(14)10(3)16-17(11)6-2/h5-9,15H2,1-4H3. The number of hydrogen-bond donors (Lipinski definition) is 1. The van der Waals surface area contributed by atoms with E-state index in [2.05, 4.69) is 46.5 Å². The molecule has 2 N–H and O–H groups in total. The van der Waals surface area contributed by atoms with Crippen molar-refractivity contribution in [1.82, 2.24) is 9.78 Å². The van der Waals surface area contributed by atoms with Crippen LogP contribution in [0.25, 0.3) is 0 Å². The molecule has 1 heterocycles. The van der Waals surface area contributed by atoms with Gasteiger partial charge in [-0.2, -0.15) is 5.10 Å². The Bertz CT molecular complexity index is 373. The minimum absolute atomic E-state index is 0.177. The average molecular weight is 302 g/mol. The second-order valence-corrected chi connectivity index (χ2v) is 5.90. The summed E-state index contributed by atoms with van der Waals surface area (Å²) < 4.78 is 3.23. The summed E-state index contributed by atoms with van der Waals surface area (Å²) in [5.41, 5.74) is 8.47. The molecule has 0 aromatic carbocycles. The Morgan fingerprint density at radius 1 is 1.41 bits per heavy atom. The Labute approximate surface area is 113 Å². The molecule has 0 saturated heterocycles. The smallest absolute Gasteiger partial charge is 0.0738 e. The zero-order chi connectivity index (χ0) is 13.1. The van der Waals surface area contributed by atoms with Crippen molar-refractivity contribution in [3.63, 3.8) is 0 Å². The van der Waals surface area contributed by atoms with E-state index >= 15 is 0 Å². The van der Waals surface area contributed by atoms with Crippen LogP contribution >= 0.6 is 15.9 Å². The number of nitrogens with two attached hydrogens (primary N) is 1. The van der Waals surface area contributed by atoms with Gasteiger partial charge in [0.15, 0.2) is 0 Å². The van der Waals surface area contributed by atoms with Gasteiger partial charge in [-0.1, -0.05) is 20.3 Å². The molecule has 0 aliphatic rings. The lowest BCUT2D eigenvalue weighted by molar-refractivity contribution is 0.293. The van der Waals surface area contributed by atoms with E-state index in [0.717, 1.165) is 36.1 Å². The first-order valence-corrected chi connectivity index (χ1v) is 7.18. The van der Waals surface area contributed by atoms with Crippen molar-refractivity contribution in [2.45, 2.75) is 53.5 Å². The number of hydrogen-bond acceptors (Lipinski definition) is 2. The van der Waals surface area contributed by atoms with E-state index in [1.807, 2.05) is 6.92 Å². The third kappa shape index (κ3) is 3.32. The minimum Gasteiger partial charge on any atom is -0.330 e. The Morgan fingerprint density at radius 2 is 2.06 bits per heavy atom. The molecule has 1 rings (SSSR count). The summed E-state index contributed by atoms with van der Waals surface area (Å²) >= 11 is 3.65. The van der Waals surface area contributed by atoms with E-state index in [-0.39, 0.29) is 5.41 Å². The van der Waals surface area contributed by atoms with Gasteiger partial charge in [-0.15, -0.1) is 0 Å². The van der Waals surface area contributed by atoms with Gasteiger partial charge in [0, 0.05) is 6.54 Å². The fourth-order valence-corrected chi connectivity index (χ4v) is 2.73. The van der Waals surface area contributed by atoms with Crippen molar-refractivity contribution in [2.24, 2.45) is 11.1 Å². The highest BCUT2D eigenvalue weighted by Gasteiger charge is 2.26. The van der Waals surface area contributed by atoms with Crippen LogP contribution in [0.3, 0.4) is 0 Å². The molecule has 0 bridgehead atoms. The van der Waals surface area contributed by atoms with E-state index < -0.39 is 0 Å². The predicted molar refractivity (Wildman–Crippen MR) is 76.1 cm³/mol. The normalized spacial score (nSPS) is 14.9. The molecule has 1 unspecified atom stereocenters. The molecule has 1 aromatic rings.